The lowest BCUT2D eigenvalue weighted by Gasteiger charge is -2.35. The molecule has 0 saturated carbocycles. The zero-order valence-corrected chi connectivity index (χ0v) is 21.6. The number of methoxy groups -OCH3 is 1. The van der Waals surface area contributed by atoms with Crippen molar-refractivity contribution in [2.75, 3.05) is 20.7 Å². The van der Waals surface area contributed by atoms with Crippen LogP contribution in [-0.2, 0) is 9.53 Å². The monoisotopic (exact) mass is 451 g/mol. The van der Waals surface area contributed by atoms with Gasteiger partial charge in [0, 0.05) is 25.2 Å². The highest BCUT2D eigenvalue weighted by atomic mass is 16.5. The number of carbonyl (C=O) groups excluding carboxylic acids is 2. The van der Waals surface area contributed by atoms with Crippen molar-refractivity contribution in [2.24, 2.45) is 16.8 Å². The van der Waals surface area contributed by atoms with E-state index < -0.39 is 12.1 Å². The van der Waals surface area contributed by atoms with Crippen molar-refractivity contribution in [3.05, 3.63) is 0 Å². The lowest BCUT2D eigenvalue weighted by atomic mass is 9.86. The van der Waals surface area contributed by atoms with Gasteiger partial charge < -0.3 is 15.0 Å². The van der Waals surface area contributed by atoms with Crippen molar-refractivity contribution in [1.29, 1.82) is 0 Å². The van der Waals surface area contributed by atoms with Crippen molar-refractivity contribution >= 4 is 17.7 Å². The molecule has 1 N–H and O–H groups in total. The highest BCUT2D eigenvalue weighted by Gasteiger charge is 2.40. The van der Waals surface area contributed by atoms with Crippen molar-refractivity contribution in [3.8, 4) is 0 Å². The van der Waals surface area contributed by atoms with Gasteiger partial charge in [-0.15, -0.1) is 0 Å². The molecular formula is C26H49N3O3. The van der Waals surface area contributed by atoms with Crippen LogP contribution in [0, 0.1) is 11.8 Å². The standard InChI is InChI=1S/C26H49N3O3/c1-7-9-11-13-15-17-21(16-14-12-10-8-2)23-18-22(27-5)19-29(23)25(30)24(20(3)4)28-26(31)32-6/h20-21,23-24H,7-19H2,1-6H3,(H,28,31)/b27-22+/t21?,23-,24?/m0/s1. The van der Waals surface area contributed by atoms with E-state index in [0.29, 0.717) is 12.5 Å². The van der Waals surface area contributed by atoms with Crippen LogP contribution in [0.2, 0.25) is 0 Å². The zero-order chi connectivity index (χ0) is 23.9. The number of nitrogens with one attached hydrogen (secondary N) is 1. The summed E-state index contributed by atoms with van der Waals surface area (Å²) < 4.78 is 4.78. The predicted molar refractivity (Wildman–Crippen MR) is 133 cm³/mol. The molecule has 2 amide bonds. The van der Waals surface area contributed by atoms with Crippen LogP contribution in [-0.4, -0.2) is 55.4 Å². The fourth-order valence-electron chi connectivity index (χ4n) is 4.81. The highest BCUT2D eigenvalue weighted by Crippen LogP contribution is 2.32. The van der Waals surface area contributed by atoms with Crippen molar-refractivity contribution in [1.82, 2.24) is 10.2 Å². The van der Waals surface area contributed by atoms with E-state index in [4.69, 9.17) is 4.74 Å². The summed E-state index contributed by atoms with van der Waals surface area (Å²) in [7, 11) is 3.16. The molecule has 0 bridgehead atoms. The van der Waals surface area contributed by atoms with Gasteiger partial charge in [-0.05, 0) is 24.7 Å². The number of likely N-dealkylation sites (tertiary alicyclic amines) is 1. The minimum absolute atomic E-state index is 0.00130. The smallest absolute Gasteiger partial charge is 0.407 e. The van der Waals surface area contributed by atoms with E-state index in [1.807, 2.05) is 25.8 Å². The van der Waals surface area contributed by atoms with E-state index in [0.717, 1.165) is 25.0 Å². The summed E-state index contributed by atoms with van der Waals surface area (Å²) in [6.45, 7) is 9.00. The van der Waals surface area contributed by atoms with E-state index >= 15 is 0 Å². The van der Waals surface area contributed by atoms with Crippen LogP contribution in [0.5, 0.6) is 0 Å². The number of aliphatic imine (C=N–C) groups is 1. The van der Waals surface area contributed by atoms with E-state index in [1.54, 1.807) is 0 Å². The third-order valence-corrected chi connectivity index (χ3v) is 6.84. The normalized spacial score (nSPS) is 19.4. The number of hydrogen-bond acceptors (Lipinski definition) is 4. The van der Waals surface area contributed by atoms with Gasteiger partial charge in [-0.3, -0.25) is 9.79 Å². The summed E-state index contributed by atoms with van der Waals surface area (Å²) in [4.78, 5) is 32.0. The molecule has 6 nitrogen and oxygen atoms in total. The first-order chi connectivity index (χ1) is 15.4. The first kappa shape index (κ1) is 28.4. The van der Waals surface area contributed by atoms with E-state index in [1.165, 1.54) is 64.9 Å². The van der Waals surface area contributed by atoms with Crippen LogP contribution < -0.4 is 5.32 Å². The second-order valence-corrected chi connectivity index (χ2v) is 9.70. The number of alkyl carbamates (subject to hydrolysis) is 1. The second-order valence-electron chi connectivity index (χ2n) is 9.70. The van der Waals surface area contributed by atoms with Gasteiger partial charge >= 0.3 is 6.09 Å². The average Bonchev–Trinajstić information content (AvgIpc) is 3.22. The Morgan fingerprint density at radius 1 is 1.03 bits per heavy atom. The summed E-state index contributed by atoms with van der Waals surface area (Å²) in [6.07, 6.45) is 14.0. The fraction of sp³-hybridized carbons (Fsp3) is 0.885. The first-order valence-corrected chi connectivity index (χ1v) is 13.0. The summed E-state index contributed by atoms with van der Waals surface area (Å²) in [5.74, 6) is 0.475. The Labute approximate surface area is 196 Å². The summed E-state index contributed by atoms with van der Waals surface area (Å²) in [5, 5.41) is 2.77. The molecule has 0 aromatic carbocycles. The maximum absolute atomic E-state index is 13.6. The highest BCUT2D eigenvalue weighted by molar-refractivity contribution is 5.96. The SMILES string of the molecule is CCCCCCCC(CCCCCC)[C@@H]1C/C(=N\C)CN1C(=O)C(NC(=O)OC)C(C)C. The number of unbranched alkanes of at least 4 members (excludes halogenated alkanes) is 7. The molecule has 3 atom stereocenters. The summed E-state index contributed by atoms with van der Waals surface area (Å²) in [6, 6.07) is -0.402. The quantitative estimate of drug-likeness (QED) is 0.311. The molecule has 1 aliphatic heterocycles. The molecule has 186 valence electrons. The third kappa shape index (κ3) is 9.50. The van der Waals surface area contributed by atoms with Crippen molar-refractivity contribution < 1.29 is 14.3 Å². The molecule has 0 radical (unpaired) electrons. The van der Waals surface area contributed by atoms with Crippen LogP contribution in [0.1, 0.15) is 105 Å². The van der Waals surface area contributed by atoms with Gasteiger partial charge in [0.2, 0.25) is 5.91 Å². The van der Waals surface area contributed by atoms with E-state index in [2.05, 4.69) is 24.2 Å². The minimum atomic E-state index is -0.577. The van der Waals surface area contributed by atoms with Gasteiger partial charge in [0.1, 0.15) is 6.04 Å². The number of carbonyl (C=O) groups is 2. The molecule has 1 fully saturated rings. The van der Waals surface area contributed by atoms with Gasteiger partial charge in [0.25, 0.3) is 0 Å². The molecule has 1 rings (SSSR count). The molecule has 0 aliphatic carbocycles. The van der Waals surface area contributed by atoms with E-state index in [9.17, 15) is 9.59 Å². The Hall–Kier alpha value is -1.59. The minimum Gasteiger partial charge on any atom is -0.453 e. The van der Waals surface area contributed by atoms with Crippen LogP contribution in [0.15, 0.2) is 4.99 Å². The van der Waals surface area contributed by atoms with Crippen LogP contribution in [0.25, 0.3) is 0 Å². The van der Waals surface area contributed by atoms with Gasteiger partial charge in [-0.25, -0.2) is 4.79 Å². The number of nitrogens with zero attached hydrogens (tertiary/aromatic N) is 2. The van der Waals surface area contributed by atoms with Crippen molar-refractivity contribution in [2.45, 2.75) is 117 Å². The fourth-order valence-corrected chi connectivity index (χ4v) is 4.81. The molecule has 6 heteroatoms. The topological polar surface area (TPSA) is 71.0 Å². The Kier molecular flexibility index (Phi) is 14.3. The molecule has 32 heavy (non-hydrogen) atoms. The largest absolute Gasteiger partial charge is 0.453 e. The molecule has 0 spiro atoms. The molecule has 1 saturated heterocycles. The molecule has 1 heterocycles. The van der Waals surface area contributed by atoms with Gasteiger partial charge in [0.05, 0.1) is 13.7 Å². The summed E-state index contributed by atoms with van der Waals surface area (Å²) in [5.41, 5.74) is 1.09. The molecule has 2 unspecified atom stereocenters. The number of rotatable bonds is 15. The Morgan fingerprint density at radius 3 is 2.09 bits per heavy atom. The lowest BCUT2D eigenvalue weighted by Crippen LogP contribution is -2.53. The van der Waals surface area contributed by atoms with Gasteiger partial charge in [-0.1, -0.05) is 85.5 Å². The van der Waals surface area contributed by atoms with Crippen LogP contribution in [0.4, 0.5) is 4.79 Å². The first-order valence-electron chi connectivity index (χ1n) is 13.0. The second kappa shape index (κ2) is 16.1. The molecule has 0 aromatic heterocycles. The predicted octanol–water partition coefficient (Wildman–Crippen LogP) is 5.99. The molecule has 0 aromatic rings. The van der Waals surface area contributed by atoms with Gasteiger partial charge in [-0.2, -0.15) is 0 Å². The lowest BCUT2D eigenvalue weighted by molar-refractivity contribution is -0.136. The van der Waals surface area contributed by atoms with Crippen molar-refractivity contribution in [3.63, 3.8) is 0 Å². The van der Waals surface area contributed by atoms with Crippen LogP contribution >= 0.6 is 0 Å². The number of amides is 2. The molecular weight excluding hydrogens is 402 g/mol. The Bertz CT molecular complexity index is 577. The average molecular weight is 452 g/mol. The number of ether oxygens (including phenoxy) is 1. The summed E-state index contributed by atoms with van der Waals surface area (Å²) >= 11 is 0. The molecule has 1 aliphatic rings. The maximum Gasteiger partial charge on any atom is 0.407 e. The Morgan fingerprint density at radius 2 is 1.59 bits per heavy atom. The van der Waals surface area contributed by atoms with Gasteiger partial charge in [0.15, 0.2) is 0 Å². The van der Waals surface area contributed by atoms with E-state index in [-0.39, 0.29) is 17.9 Å². The third-order valence-electron chi connectivity index (χ3n) is 6.84. The number of hydrogen-bond donors (Lipinski definition) is 1. The maximum atomic E-state index is 13.6. The van der Waals surface area contributed by atoms with Crippen LogP contribution in [0.3, 0.4) is 0 Å². The zero-order valence-electron chi connectivity index (χ0n) is 21.6. The Balaban J connectivity index is 2.99.